The Bertz CT molecular complexity index is 632. The summed E-state index contributed by atoms with van der Waals surface area (Å²) in [5.74, 6) is 0.295. The molecule has 1 atom stereocenters. The minimum Gasteiger partial charge on any atom is -0.488 e. The van der Waals surface area contributed by atoms with Crippen molar-refractivity contribution in [2.75, 3.05) is 32.1 Å². The number of carbonyl (C=O) groups excluding carboxylic acids is 1. The first-order valence-electron chi connectivity index (χ1n) is 7.28. The molecule has 6 heteroatoms. The van der Waals surface area contributed by atoms with Gasteiger partial charge in [-0.2, -0.15) is 0 Å². The van der Waals surface area contributed by atoms with Crippen LogP contribution in [0.3, 0.4) is 0 Å². The minimum absolute atomic E-state index is 0.124. The molecule has 0 aliphatic heterocycles. The minimum atomic E-state index is -0.329. The summed E-state index contributed by atoms with van der Waals surface area (Å²) >= 11 is 5.80. The summed E-state index contributed by atoms with van der Waals surface area (Å²) in [7, 11) is 1.91. The lowest BCUT2D eigenvalue weighted by Crippen LogP contribution is -3.10. The zero-order chi connectivity index (χ0) is 16.7. The molecule has 0 aliphatic carbocycles. The maximum atomic E-state index is 12.8. The van der Waals surface area contributed by atoms with E-state index in [0.29, 0.717) is 30.4 Å². The largest absolute Gasteiger partial charge is 0.488 e. The number of benzene rings is 2. The smallest absolute Gasteiger partial charge is 0.279 e. The molecule has 0 heterocycles. The Morgan fingerprint density at radius 3 is 2.48 bits per heavy atom. The van der Waals surface area contributed by atoms with Crippen molar-refractivity contribution in [3.8, 4) is 5.75 Å². The standard InChI is InChI=1S/C17H18ClFN2O2/c1-21(10-11-23-16-8-2-13(18)3-9-16)12-17(22)20-15-6-4-14(19)5-7-15/h2-9H,10-12H2,1H3,(H,20,22)/p+1. The number of likely N-dealkylation sites (N-methyl/N-ethyl adjacent to an activating group) is 1. The summed E-state index contributed by atoms with van der Waals surface area (Å²) in [6.45, 7) is 1.48. The molecular weight excluding hydrogens is 319 g/mol. The van der Waals surface area contributed by atoms with Gasteiger partial charge in [0.2, 0.25) is 0 Å². The molecule has 2 aromatic carbocycles. The lowest BCUT2D eigenvalue weighted by molar-refractivity contribution is -0.871. The molecular formula is C17H19ClFN2O2+. The molecule has 0 radical (unpaired) electrons. The van der Waals surface area contributed by atoms with Crippen LogP contribution >= 0.6 is 11.6 Å². The van der Waals surface area contributed by atoms with Crippen LogP contribution in [0.1, 0.15) is 0 Å². The first kappa shape index (κ1) is 17.2. The fourth-order valence-corrected chi connectivity index (χ4v) is 2.10. The summed E-state index contributed by atoms with van der Waals surface area (Å²) in [6, 6.07) is 12.8. The van der Waals surface area contributed by atoms with E-state index >= 15 is 0 Å². The van der Waals surface area contributed by atoms with Crippen LogP contribution in [0.25, 0.3) is 0 Å². The van der Waals surface area contributed by atoms with Gasteiger partial charge in [0.15, 0.2) is 6.54 Å². The Labute approximate surface area is 139 Å². The molecule has 0 bridgehead atoms. The molecule has 0 saturated heterocycles. The molecule has 0 spiro atoms. The molecule has 2 N–H and O–H groups in total. The molecule has 0 saturated carbocycles. The number of hydrogen-bond acceptors (Lipinski definition) is 2. The maximum Gasteiger partial charge on any atom is 0.279 e. The van der Waals surface area contributed by atoms with Gasteiger partial charge in [-0.25, -0.2) is 4.39 Å². The molecule has 0 aliphatic rings. The number of rotatable bonds is 7. The van der Waals surface area contributed by atoms with Gasteiger partial charge < -0.3 is 15.0 Å². The Kier molecular flexibility index (Phi) is 6.38. The fraction of sp³-hybridized carbons (Fsp3) is 0.235. The van der Waals surface area contributed by atoms with E-state index in [-0.39, 0.29) is 11.7 Å². The van der Waals surface area contributed by atoms with Crippen molar-refractivity contribution < 1.29 is 18.8 Å². The van der Waals surface area contributed by atoms with E-state index in [0.717, 1.165) is 10.6 Å². The van der Waals surface area contributed by atoms with E-state index in [4.69, 9.17) is 16.3 Å². The number of hydrogen-bond donors (Lipinski definition) is 2. The van der Waals surface area contributed by atoms with Gasteiger partial charge in [0.05, 0.1) is 7.05 Å². The molecule has 4 nitrogen and oxygen atoms in total. The van der Waals surface area contributed by atoms with E-state index in [1.54, 1.807) is 24.3 Å². The van der Waals surface area contributed by atoms with E-state index in [2.05, 4.69) is 5.32 Å². The SMILES string of the molecule is C[NH+](CCOc1ccc(Cl)cc1)CC(=O)Nc1ccc(F)cc1. The average molecular weight is 338 g/mol. The second kappa shape index (κ2) is 8.50. The van der Waals surface area contributed by atoms with Crippen molar-refractivity contribution in [1.82, 2.24) is 0 Å². The molecule has 122 valence electrons. The van der Waals surface area contributed by atoms with Crippen molar-refractivity contribution in [2.24, 2.45) is 0 Å². The van der Waals surface area contributed by atoms with Gasteiger partial charge in [0.1, 0.15) is 24.7 Å². The van der Waals surface area contributed by atoms with E-state index in [1.165, 1.54) is 24.3 Å². The topological polar surface area (TPSA) is 42.8 Å². The third kappa shape index (κ3) is 6.26. The van der Waals surface area contributed by atoms with Crippen molar-refractivity contribution in [3.05, 3.63) is 59.4 Å². The van der Waals surface area contributed by atoms with Crippen molar-refractivity contribution >= 4 is 23.2 Å². The highest BCUT2D eigenvalue weighted by molar-refractivity contribution is 6.30. The van der Waals surface area contributed by atoms with Gasteiger partial charge in [0.25, 0.3) is 5.91 Å². The summed E-state index contributed by atoms with van der Waals surface area (Å²) in [5.41, 5.74) is 0.585. The molecule has 0 fully saturated rings. The molecule has 1 unspecified atom stereocenters. The van der Waals surface area contributed by atoms with Gasteiger partial charge in [-0.1, -0.05) is 11.6 Å². The third-order valence-corrected chi connectivity index (χ3v) is 3.45. The van der Waals surface area contributed by atoms with Gasteiger partial charge in [-0.3, -0.25) is 4.79 Å². The number of ether oxygens (including phenoxy) is 1. The zero-order valence-corrected chi connectivity index (χ0v) is 13.6. The fourth-order valence-electron chi connectivity index (χ4n) is 1.97. The number of nitrogens with one attached hydrogen (secondary N) is 2. The second-order valence-corrected chi connectivity index (χ2v) is 5.68. The van der Waals surface area contributed by atoms with E-state index in [1.807, 2.05) is 7.05 Å². The van der Waals surface area contributed by atoms with Crippen LogP contribution in [0.4, 0.5) is 10.1 Å². The summed E-state index contributed by atoms with van der Waals surface area (Å²) in [6.07, 6.45) is 0. The predicted octanol–water partition coefficient (Wildman–Crippen LogP) is 2.01. The monoisotopic (exact) mass is 337 g/mol. The quantitative estimate of drug-likeness (QED) is 0.811. The number of halogens is 2. The Hall–Kier alpha value is -2.11. The molecule has 2 aromatic rings. The average Bonchev–Trinajstić information content (AvgIpc) is 2.51. The maximum absolute atomic E-state index is 12.8. The van der Waals surface area contributed by atoms with Gasteiger partial charge in [0, 0.05) is 10.7 Å². The van der Waals surface area contributed by atoms with Crippen molar-refractivity contribution in [2.45, 2.75) is 0 Å². The molecule has 2 rings (SSSR count). The first-order chi connectivity index (χ1) is 11.0. The van der Waals surface area contributed by atoms with Gasteiger partial charge >= 0.3 is 0 Å². The highest BCUT2D eigenvalue weighted by Gasteiger charge is 2.10. The first-order valence-corrected chi connectivity index (χ1v) is 7.66. The van der Waals surface area contributed by atoms with Crippen LogP contribution in [0, 0.1) is 5.82 Å². The Morgan fingerprint density at radius 1 is 1.17 bits per heavy atom. The highest BCUT2D eigenvalue weighted by atomic mass is 35.5. The van der Waals surface area contributed by atoms with Crippen LogP contribution in [0.2, 0.25) is 5.02 Å². The van der Waals surface area contributed by atoms with Crippen molar-refractivity contribution in [3.63, 3.8) is 0 Å². The molecule has 1 amide bonds. The molecule has 23 heavy (non-hydrogen) atoms. The normalized spacial score (nSPS) is 11.8. The summed E-state index contributed by atoms with van der Waals surface area (Å²) in [4.78, 5) is 12.9. The lowest BCUT2D eigenvalue weighted by atomic mass is 10.3. The third-order valence-electron chi connectivity index (χ3n) is 3.20. The number of quaternary nitrogens is 1. The van der Waals surface area contributed by atoms with Crippen LogP contribution in [0.15, 0.2) is 48.5 Å². The predicted molar refractivity (Wildman–Crippen MR) is 88.6 cm³/mol. The van der Waals surface area contributed by atoms with Gasteiger partial charge in [-0.15, -0.1) is 0 Å². The Morgan fingerprint density at radius 2 is 1.83 bits per heavy atom. The van der Waals surface area contributed by atoms with E-state index < -0.39 is 0 Å². The summed E-state index contributed by atoms with van der Waals surface area (Å²) < 4.78 is 18.4. The second-order valence-electron chi connectivity index (χ2n) is 5.24. The van der Waals surface area contributed by atoms with Crippen LogP contribution < -0.4 is 15.0 Å². The van der Waals surface area contributed by atoms with Gasteiger partial charge in [-0.05, 0) is 48.5 Å². The van der Waals surface area contributed by atoms with Crippen molar-refractivity contribution in [1.29, 1.82) is 0 Å². The number of amides is 1. The van der Waals surface area contributed by atoms with E-state index in [9.17, 15) is 9.18 Å². The lowest BCUT2D eigenvalue weighted by Gasteiger charge is -2.14. The highest BCUT2D eigenvalue weighted by Crippen LogP contribution is 2.15. The summed E-state index contributed by atoms with van der Waals surface area (Å²) in [5, 5.41) is 3.40. The van der Waals surface area contributed by atoms with Crippen LogP contribution in [0.5, 0.6) is 5.75 Å². The zero-order valence-electron chi connectivity index (χ0n) is 12.8. The van der Waals surface area contributed by atoms with Crippen LogP contribution in [-0.4, -0.2) is 32.7 Å². The number of anilines is 1. The van der Waals surface area contributed by atoms with Crippen LogP contribution in [-0.2, 0) is 4.79 Å². The molecule has 0 aromatic heterocycles. The Balaban J connectivity index is 1.69. The number of carbonyl (C=O) groups is 1.